The van der Waals surface area contributed by atoms with Crippen LogP contribution in [0.3, 0.4) is 0 Å². The highest BCUT2D eigenvalue weighted by molar-refractivity contribution is 7.88. The van der Waals surface area contributed by atoms with Gasteiger partial charge in [0, 0.05) is 18.6 Å². The summed E-state index contributed by atoms with van der Waals surface area (Å²) in [4.78, 5) is 12.5. The summed E-state index contributed by atoms with van der Waals surface area (Å²) in [5.41, 5.74) is -1.55. The molecule has 18 heavy (non-hydrogen) atoms. The van der Waals surface area contributed by atoms with E-state index in [1.807, 2.05) is 20.8 Å². The van der Waals surface area contributed by atoms with Crippen LogP contribution in [0.25, 0.3) is 0 Å². The van der Waals surface area contributed by atoms with Gasteiger partial charge in [0.15, 0.2) is 5.78 Å². The summed E-state index contributed by atoms with van der Waals surface area (Å²) in [6.45, 7) is 6.02. The first-order valence-corrected chi connectivity index (χ1v) is 8.09. The Morgan fingerprint density at radius 1 is 1.33 bits per heavy atom. The fraction of sp³-hybridized carbons (Fsp3) is 0.917. The lowest BCUT2D eigenvalue weighted by atomic mass is 9.77. The van der Waals surface area contributed by atoms with Crippen LogP contribution in [0.4, 0.5) is 0 Å². The van der Waals surface area contributed by atoms with E-state index >= 15 is 0 Å². The van der Waals surface area contributed by atoms with Crippen LogP contribution in [0.5, 0.6) is 0 Å². The van der Waals surface area contributed by atoms with Gasteiger partial charge in [-0.1, -0.05) is 20.8 Å². The molecule has 0 aromatic rings. The lowest BCUT2D eigenvalue weighted by Crippen LogP contribution is -2.56. The molecule has 1 heterocycles. The van der Waals surface area contributed by atoms with Gasteiger partial charge in [0.1, 0.15) is 5.60 Å². The summed E-state index contributed by atoms with van der Waals surface area (Å²) in [6, 6.07) is 0. The number of nitrogens with one attached hydrogen (secondary N) is 1. The molecular weight excluding hydrogens is 254 g/mol. The summed E-state index contributed by atoms with van der Waals surface area (Å²) in [5.74, 6) is -0.0362. The van der Waals surface area contributed by atoms with Crippen LogP contribution in [0.2, 0.25) is 0 Å². The van der Waals surface area contributed by atoms with Gasteiger partial charge in [-0.3, -0.25) is 4.79 Å². The van der Waals surface area contributed by atoms with Crippen molar-refractivity contribution in [2.75, 3.05) is 19.4 Å². The Morgan fingerprint density at radius 3 is 2.33 bits per heavy atom. The monoisotopic (exact) mass is 277 g/mol. The molecule has 0 spiro atoms. The normalized spacial score (nSPS) is 26.0. The van der Waals surface area contributed by atoms with Crippen molar-refractivity contribution in [2.45, 2.75) is 45.6 Å². The van der Waals surface area contributed by atoms with Crippen LogP contribution in [0.15, 0.2) is 0 Å². The Bertz CT molecular complexity index is 402. The standard InChI is InChI=1S/C12H23NO4S/c1-11(2,3)10(14)12(7-5-6-8-17-12)9-13-18(4,15)16/h13H,5-9H2,1-4H3. The molecule has 0 amide bonds. The third-order valence-corrected chi connectivity index (χ3v) is 3.74. The lowest BCUT2D eigenvalue weighted by Gasteiger charge is -2.39. The minimum atomic E-state index is -3.32. The van der Waals surface area contributed by atoms with E-state index in [4.69, 9.17) is 4.74 Å². The molecule has 1 atom stereocenters. The van der Waals surface area contributed by atoms with Crippen LogP contribution in [0, 0.1) is 5.41 Å². The lowest BCUT2D eigenvalue weighted by molar-refractivity contribution is -0.158. The summed E-state index contributed by atoms with van der Waals surface area (Å²) in [5, 5.41) is 0. The van der Waals surface area contributed by atoms with E-state index in [0.29, 0.717) is 13.0 Å². The van der Waals surface area contributed by atoms with Crippen molar-refractivity contribution in [3.05, 3.63) is 0 Å². The number of carbonyl (C=O) groups is 1. The topological polar surface area (TPSA) is 72.5 Å². The third kappa shape index (κ3) is 4.03. The first kappa shape index (κ1) is 15.6. The van der Waals surface area contributed by atoms with Gasteiger partial charge in [-0.05, 0) is 19.3 Å². The van der Waals surface area contributed by atoms with Crippen molar-refractivity contribution in [3.8, 4) is 0 Å². The predicted octanol–water partition coefficient (Wildman–Crippen LogP) is 1.09. The quantitative estimate of drug-likeness (QED) is 0.835. The van der Waals surface area contributed by atoms with Gasteiger partial charge in [0.05, 0.1) is 6.26 Å². The van der Waals surface area contributed by atoms with Crippen LogP contribution in [-0.2, 0) is 19.6 Å². The number of hydrogen-bond donors (Lipinski definition) is 1. The van der Waals surface area contributed by atoms with Gasteiger partial charge in [0.2, 0.25) is 10.0 Å². The van der Waals surface area contributed by atoms with Gasteiger partial charge in [0.25, 0.3) is 0 Å². The van der Waals surface area contributed by atoms with Gasteiger partial charge in [-0.2, -0.15) is 0 Å². The zero-order valence-corrected chi connectivity index (χ0v) is 12.4. The minimum absolute atomic E-state index is 0.0297. The maximum Gasteiger partial charge on any atom is 0.208 e. The molecule has 1 unspecified atom stereocenters. The Kier molecular flexibility index (Phi) is 4.56. The van der Waals surface area contributed by atoms with E-state index < -0.39 is 21.0 Å². The van der Waals surface area contributed by atoms with Gasteiger partial charge in [-0.25, -0.2) is 13.1 Å². The van der Waals surface area contributed by atoms with E-state index in [0.717, 1.165) is 19.1 Å². The van der Waals surface area contributed by atoms with Crippen molar-refractivity contribution in [3.63, 3.8) is 0 Å². The first-order valence-electron chi connectivity index (χ1n) is 6.20. The largest absolute Gasteiger partial charge is 0.366 e. The van der Waals surface area contributed by atoms with Crippen molar-refractivity contribution in [1.29, 1.82) is 0 Å². The predicted molar refractivity (Wildman–Crippen MR) is 69.8 cm³/mol. The highest BCUT2D eigenvalue weighted by Gasteiger charge is 2.45. The molecule has 6 heteroatoms. The van der Waals surface area contributed by atoms with E-state index in [1.165, 1.54) is 0 Å². The molecule has 1 rings (SSSR count). The van der Waals surface area contributed by atoms with Crippen molar-refractivity contribution in [2.24, 2.45) is 5.41 Å². The van der Waals surface area contributed by atoms with Crippen LogP contribution >= 0.6 is 0 Å². The average Bonchev–Trinajstić information content (AvgIpc) is 2.24. The molecule has 0 aromatic carbocycles. The summed E-state index contributed by atoms with van der Waals surface area (Å²) in [6.07, 6.45) is 3.46. The highest BCUT2D eigenvalue weighted by Crippen LogP contribution is 2.32. The fourth-order valence-corrected chi connectivity index (χ4v) is 2.68. The second-order valence-electron chi connectivity index (χ2n) is 5.97. The molecule has 0 saturated carbocycles. The zero-order chi connectivity index (χ0) is 14.0. The smallest absolute Gasteiger partial charge is 0.208 e. The van der Waals surface area contributed by atoms with Gasteiger partial charge >= 0.3 is 0 Å². The molecule has 0 bridgehead atoms. The van der Waals surface area contributed by atoms with E-state index in [-0.39, 0.29) is 12.3 Å². The number of rotatable bonds is 4. The van der Waals surface area contributed by atoms with Crippen LogP contribution in [-0.4, -0.2) is 39.2 Å². The summed E-state index contributed by atoms with van der Waals surface area (Å²) in [7, 11) is -3.32. The van der Waals surface area contributed by atoms with E-state index in [2.05, 4.69) is 4.72 Å². The average molecular weight is 277 g/mol. The van der Waals surface area contributed by atoms with E-state index in [9.17, 15) is 13.2 Å². The van der Waals surface area contributed by atoms with Gasteiger partial charge in [-0.15, -0.1) is 0 Å². The third-order valence-electron chi connectivity index (χ3n) is 3.07. The van der Waals surface area contributed by atoms with Gasteiger partial charge < -0.3 is 4.74 Å². The SMILES string of the molecule is CC(C)(C)C(=O)C1(CNS(C)(=O)=O)CCCCO1. The minimum Gasteiger partial charge on any atom is -0.366 e. The van der Waals surface area contributed by atoms with Crippen molar-refractivity contribution >= 4 is 15.8 Å². The maximum absolute atomic E-state index is 12.5. The fourth-order valence-electron chi connectivity index (χ4n) is 2.18. The molecule has 1 N–H and O–H groups in total. The Hall–Kier alpha value is -0.460. The second-order valence-corrected chi connectivity index (χ2v) is 7.81. The Labute approximate surface area is 109 Å². The molecule has 1 fully saturated rings. The van der Waals surface area contributed by atoms with Crippen LogP contribution < -0.4 is 4.72 Å². The van der Waals surface area contributed by atoms with Crippen LogP contribution in [0.1, 0.15) is 40.0 Å². The molecule has 1 aliphatic heterocycles. The maximum atomic E-state index is 12.5. The number of carbonyl (C=O) groups excluding carboxylic acids is 1. The van der Waals surface area contributed by atoms with Crippen molar-refractivity contribution in [1.82, 2.24) is 4.72 Å². The second kappa shape index (κ2) is 5.27. The molecular formula is C12H23NO4S. The molecule has 106 valence electrons. The Balaban J connectivity index is 2.92. The number of ketones is 1. The Morgan fingerprint density at radius 2 is 1.94 bits per heavy atom. The number of ether oxygens (including phenoxy) is 1. The molecule has 1 aliphatic rings. The highest BCUT2D eigenvalue weighted by atomic mass is 32.2. The molecule has 0 aromatic heterocycles. The zero-order valence-electron chi connectivity index (χ0n) is 11.6. The number of Topliss-reactive ketones (excluding diaryl/α,β-unsaturated/α-hetero) is 1. The summed E-state index contributed by atoms with van der Waals surface area (Å²) >= 11 is 0. The van der Waals surface area contributed by atoms with Crippen molar-refractivity contribution < 1.29 is 17.9 Å². The summed E-state index contributed by atoms with van der Waals surface area (Å²) < 4.78 is 30.5. The molecule has 1 saturated heterocycles. The van der Waals surface area contributed by atoms with E-state index in [1.54, 1.807) is 0 Å². The first-order chi connectivity index (χ1) is 8.07. The number of hydrogen-bond acceptors (Lipinski definition) is 4. The molecule has 0 aliphatic carbocycles. The molecule has 5 nitrogen and oxygen atoms in total. The molecule has 0 radical (unpaired) electrons. The number of sulfonamides is 1.